The maximum Gasteiger partial charge on any atom is 0.128 e. The van der Waals surface area contributed by atoms with Gasteiger partial charge in [0.05, 0.1) is 18.5 Å². The molecule has 0 spiro atoms. The van der Waals surface area contributed by atoms with Crippen LogP contribution in [0.15, 0.2) is 53.0 Å². The van der Waals surface area contributed by atoms with Crippen LogP contribution in [0, 0.1) is 0 Å². The minimum atomic E-state index is 0.0185. The second kappa shape index (κ2) is 9.85. The number of nitrogens with zero attached hydrogens (tertiary/aromatic N) is 1. The number of ether oxygens (including phenoxy) is 1. The van der Waals surface area contributed by atoms with Crippen LogP contribution in [0.4, 0.5) is 0 Å². The Labute approximate surface area is 214 Å². The average Bonchev–Trinajstić information content (AvgIpc) is 3.10. The Kier molecular flexibility index (Phi) is 7.24. The van der Waals surface area contributed by atoms with Gasteiger partial charge in [-0.15, -0.1) is 0 Å². The number of methoxy groups -OCH3 is 1. The number of fused-ring (bicyclic) bond motifs is 3. The Morgan fingerprint density at radius 2 is 1.62 bits per heavy atom. The van der Waals surface area contributed by atoms with Crippen LogP contribution in [0.2, 0.25) is 0 Å². The molecule has 0 amide bonds. The lowest BCUT2D eigenvalue weighted by molar-refractivity contribution is 0.405. The van der Waals surface area contributed by atoms with Gasteiger partial charge < -0.3 is 4.74 Å². The summed E-state index contributed by atoms with van der Waals surface area (Å²) in [6.45, 7) is 11.3. The van der Waals surface area contributed by atoms with Crippen LogP contribution in [-0.4, -0.2) is 12.1 Å². The second-order valence-electron chi connectivity index (χ2n) is 10.7. The van der Waals surface area contributed by atoms with Gasteiger partial charge in [-0.2, -0.15) is 0 Å². The number of rotatable bonds is 8. The van der Waals surface area contributed by atoms with Crippen molar-refractivity contribution >= 4 is 15.9 Å². The first kappa shape index (κ1) is 25.0. The van der Waals surface area contributed by atoms with Crippen molar-refractivity contribution in [2.75, 3.05) is 7.11 Å². The molecule has 0 saturated heterocycles. The van der Waals surface area contributed by atoms with Gasteiger partial charge in [0.1, 0.15) is 5.75 Å². The number of pyridine rings is 1. The van der Waals surface area contributed by atoms with Gasteiger partial charge in [0.15, 0.2) is 0 Å². The highest BCUT2D eigenvalue weighted by Crippen LogP contribution is 2.56. The second-order valence-corrected chi connectivity index (χ2v) is 11.7. The van der Waals surface area contributed by atoms with E-state index in [2.05, 4.69) is 99.1 Å². The molecular formula is C31H38BrNO. The van der Waals surface area contributed by atoms with E-state index in [1.807, 2.05) is 0 Å². The van der Waals surface area contributed by atoms with Crippen LogP contribution in [0.1, 0.15) is 89.8 Å². The molecule has 0 fully saturated rings. The number of unbranched alkanes of at least 4 members (excludes halogenated alkanes) is 2. The first-order valence-corrected chi connectivity index (χ1v) is 13.5. The highest BCUT2D eigenvalue weighted by Gasteiger charge is 2.44. The van der Waals surface area contributed by atoms with Crippen LogP contribution >= 0.6 is 15.9 Å². The van der Waals surface area contributed by atoms with E-state index >= 15 is 0 Å². The van der Waals surface area contributed by atoms with Gasteiger partial charge in [-0.25, -0.2) is 4.98 Å². The zero-order valence-corrected chi connectivity index (χ0v) is 23.2. The van der Waals surface area contributed by atoms with Crippen LogP contribution in [0.3, 0.4) is 0 Å². The summed E-state index contributed by atoms with van der Waals surface area (Å²) in [4.78, 5) is 5.35. The molecule has 0 saturated carbocycles. The Morgan fingerprint density at radius 3 is 2.24 bits per heavy atom. The van der Waals surface area contributed by atoms with Crippen molar-refractivity contribution in [1.82, 2.24) is 4.98 Å². The molecule has 3 aromatic rings. The molecule has 180 valence electrons. The van der Waals surface area contributed by atoms with Crippen molar-refractivity contribution in [3.8, 4) is 28.3 Å². The molecule has 34 heavy (non-hydrogen) atoms. The third kappa shape index (κ3) is 4.44. The third-order valence-corrected chi connectivity index (χ3v) is 7.84. The van der Waals surface area contributed by atoms with Crippen LogP contribution in [0.25, 0.3) is 22.5 Å². The van der Waals surface area contributed by atoms with E-state index in [1.165, 1.54) is 47.9 Å². The largest absolute Gasteiger partial charge is 0.496 e. The molecule has 1 aliphatic carbocycles. The molecule has 0 unspecified atom stereocenters. The van der Waals surface area contributed by atoms with Crippen molar-refractivity contribution in [2.24, 2.45) is 0 Å². The molecule has 0 N–H and O–H groups in total. The maximum absolute atomic E-state index is 5.90. The molecule has 2 aromatic carbocycles. The van der Waals surface area contributed by atoms with E-state index in [0.29, 0.717) is 0 Å². The van der Waals surface area contributed by atoms with E-state index in [0.717, 1.165) is 40.0 Å². The van der Waals surface area contributed by atoms with Crippen LogP contribution < -0.4 is 4.74 Å². The topological polar surface area (TPSA) is 22.1 Å². The lowest BCUT2D eigenvalue weighted by atomic mass is 9.71. The summed E-state index contributed by atoms with van der Waals surface area (Å²) < 4.78 is 6.99. The van der Waals surface area contributed by atoms with E-state index < -0.39 is 0 Å². The fourth-order valence-corrected chi connectivity index (χ4v) is 5.97. The van der Waals surface area contributed by atoms with Crippen molar-refractivity contribution < 1.29 is 4.74 Å². The highest BCUT2D eigenvalue weighted by molar-refractivity contribution is 9.10. The molecule has 2 nitrogen and oxygen atoms in total. The monoisotopic (exact) mass is 519 g/mol. The van der Waals surface area contributed by atoms with Crippen molar-refractivity contribution in [3.05, 3.63) is 69.7 Å². The Balaban J connectivity index is 1.94. The summed E-state index contributed by atoms with van der Waals surface area (Å²) in [6, 6.07) is 17.8. The molecule has 1 aromatic heterocycles. The van der Waals surface area contributed by atoms with Crippen molar-refractivity contribution in [3.63, 3.8) is 0 Å². The predicted octanol–water partition coefficient (Wildman–Crippen LogP) is 9.46. The minimum Gasteiger partial charge on any atom is -0.496 e. The van der Waals surface area contributed by atoms with Crippen molar-refractivity contribution in [2.45, 2.75) is 84.0 Å². The fourth-order valence-electron chi connectivity index (χ4n) is 5.48. The number of hydrogen-bond donors (Lipinski definition) is 0. The molecule has 4 rings (SSSR count). The third-order valence-electron chi connectivity index (χ3n) is 7.38. The standard InChI is InChI=1S/C31H38BrNO/c1-7-9-16-31(17-10-8-2)24-12-11-13-27(34-6)28(24)29-25(31)14-15-26(33-29)21-18-22(30(3,4)5)20-23(32)19-21/h11-15,18-20H,7-10,16-17H2,1-6H3. The van der Waals surface area contributed by atoms with Crippen LogP contribution in [0.5, 0.6) is 5.75 Å². The number of aromatic nitrogens is 1. The smallest absolute Gasteiger partial charge is 0.128 e. The van der Waals surface area contributed by atoms with Gasteiger partial charge >= 0.3 is 0 Å². The summed E-state index contributed by atoms with van der Waals surface area (Å²) in [5.74, 6) is 0.933. The highest BCUT2D eigenvalue weighted by atomic mass is 79.9. The Hall–Kier alpha value is -2.13. The van der Waals surface area contributed by atoms with Crippen molar-refractivity contribution in [1.29, 1.82) is 0 Å². The number of hydrogen-bond acceptors (Lipinski definition) is 2. The van der Waals surface area contributed by atoms with E-state index in [1.54, 1.807) is 7.11 Å². The number of halogens is 1. The van der Waals surface area contributed by atoms with Gasteiger partial charge in [-0.3, -0.25) is 0 Å². The van der Waals surface area contributed by atoms with Crippen LogP contribution in [-0.2, 0) is 10.8 Å². The first-order valence-electron chi connectivity index (χ1n) is 12.8. The zero-order valence-electron chi connectivity index (χ0n) is 21.6. The fraction of sp³-hybridized carbons (Fsp3) is 0.452. The maximum atomic E-state index is 5.90. The molecule has 1 heterocycles. The Morgan fingerprint density at radius 1 is 0.912 bits per heavy atom. The summed E-state index contributed by atoms with van der Waals surface area (Å²) in [5, 5.41) is 0. The zero-order chi connectivity index (χ0) is 24.5. The quantitative estimate of drug-likeness (QED) is 0.295. The SMILES string of the molecule is CCCCC1(CCCC)c2ccc(-c3cc(Br)cc(C(C)(C)C)c3)nc2-c2c(OC)cccc21. The molecule has 3 heteroatoms. The average molecular weight is 521 g/mol. The van der Waals surface area contributed by atoms with Gasteiger partial charge in [-0.1, -0.05) is 94.4 Å². The van der Waals surface area contributed by atoms with E-state index in [9.17, 15) is 0 Å². The predicted molar refractivity (Wildman–Crippen MR) is 148 cm³/mol. The molecular weight excluding hydrogens is 482 g/mol. The molecule has 0 radical (unpaired) electrons. The first-order chi connectivity index (χ1) is 16.2. The number of benzene rings is 2. The molecule has 0 atom stereocenters. The lowest BCUT2D eigenvalue weighted by Gasteiger charge is -2.32. The normalized spacial score (nSPS) is 14.1. The Bertz CT molecular complexity index is 1170. The summed E-state index contributed by atoms with van der Waals surface area (Å²) in [5.41, 5.74) is 8.64. The lowest BCUT2D eigenvalue weighted by Crippen LogP contribution is -2.25. The summed E-state index contributed by atoms with van der Waals surface area (Å²) >= 11 is 3.74. The molecule has 1 aliphatic rings. The molecule has 0 aliphatic heterocycles. The van der Waals surface area contributed by atoms with E-state index in [4.69, 9.17) is 9.72 Å². The molecule has 0 bridgehead atoms. The van der Waals surface area contributed by atoms with Gasteiger partial charge in [-0.05, 0) is 65.3 Å². The van der Waals surface area contributed by atoms with Gasteiger partial charge in [0.25, 0.3) is 0 Å². The van der Waals surface area contributed by atoms with E-state index in [-0.39, 0.29) is 10.8 Å². The minimum absolute atomic E-state index is 0.0185. The van der Waals surface area contributed by atoms with Gasteiger partial charge in [0.2, 0.25) is 0 Å². The van der Waals surface area contributed by atoms with Gasteiger partial charge in [0, 0.05) is 21.0 Å². The summed E-state index contributed by atoms with van der Waals surface area (Å²) in [7, 11) is 1.78. The summed E-state index contributed by atoms with van der Waals surface area (Å²) in [6.07, 6.45) is 7.12.